The highest BCUT2D eigenvalue weighted by molar-refractivity contribution is 5.87. The molecule has 0 saturated carbocycles. The third kappa shape index (κ3) is 15.4. The molecule has 0 heterocycles. The van der Waals surface area contributed by atoms with Gasteiger partial charge in [0.15, 0.2) is 0 Å². The number of carbonyl (C=O) groups excluding carboxylic acids is 1. The first-order chi connectivity index (χ1) is 12.5. The number of hydrogen-bond acceptors (Lipinski definition) is 5. The van der Waals surface area contributed by atoms with E-state index in [2.05, 4.69) is 11.7 Å². The van der Waals surface area contributed by atoms with Gasteiger partial charge in [-0.1, -0.05) is 62.9 Å². The van der Waals surface area contributed by atoms with Crippen LogP contribution in [0.3, 0.4) is 0 Å². The van der Waals surface area contributed by atoms with Crippen LogP contribution in [0.4, 0.5) is 0 Å². The van der Waals surface area contributed by atoms with Gasteiger partial charge >= 0.3 is 11.9 Å². The number of aliphatic hydroxyl groups excluding tert-OH is 2. The summed E-state index contributed by atoms with van der Waals surface area (Å²) in [6.07, 6.45) is 7.76. The van der Waals surface area contributed by atoms with E-state index in [1.165, 1.54) is 25.3 Å². The predicted octanol–water partition coefficient (Wildman–Crippen LogP) is 3.03. The van der Waals surface area contributed by atoms with Crippen molar-refractivity contribution < 1.29 is 29.6 Å². The SMILES string of the molecule is CCCCCCCC(=O)O.O=C(/C=C/c1ccccc1)OCC(O)CO. The Morgan fingerprint density at radius 1 is 1.12 bits per heavy atom. The number of carboxylic acids is 1. The molecule has 0 fully saturated rings. The molecule has 0 saturated heterocycles. The maximum absolute atomic E-state index is 11.1. The minimum Gasteiger partial charge on any atom is -0.481 e. The molecule has 0 aliphatic rings. The molecule has 0 aliphatic heterocycles. The van der Waals surface area contributed by atoms with Crippen molar-refractivity contribution in [3.8, 4) is 0 Å². The van der Waals surface area contributed by atoms with Crippen molar-refractivity contribution in [2.45, 2.75) is 51.6 Å². The molecule has 146 valence electrons. The van der Waals surface area contributed by atoms with E-state index >= 15 is 0 Å². The molecule has 0 aromatic heterocycles. The number of aliphatic carboxylic acids is 1. The molecular formula is C20H30O6. The fourth-order valence-corrected chi connectivity index (χ4v) is 1.89. The van der Waals surface area contributed by atoms with Crippen LogP contribution in [-0.4, -0.2) is 46.6 Å². The molecule has 0 spiro atoms. The van der Waals surface area contributed by atoms with E-state index in [4.69, 9.17) is 15.3 Å². The Bertz CT molecular complexity index is 512. The van der Waals surface area contributed by atoms with Crippen LogP contribution in [0.5, 0.6) is 0 Å². The Kier molecular flexibility index (Phi) is 14.9. The minimum atomic E-state index is -1.02. The van der Waals surface area contributed by atoms with Gasteiger partial charge in [-0.15, -0.1) is 0 Å². The van der Waals surface area contributed by atoms with E-state index in [0.717, 1.165) is 18.4 Å². The van der Waals surface area contributed by atoms with Crippen LogP contribution in [-0.2, 0) is 14.3 Å². The Labute approximate surface area is 155 Å². The molecule has 6 heteroatoms. The number of carboxylic acid groups (broad SMARTS) is 1. The topological polar surface area (TPSA) is 104 Å². The molecule has 26 heavy (non-hydrogen) atoms. The zero-order chi connectivity index (χ0) is 19.6. The van der Waals surface area contributed by atoms with E-state index < -0.39 is 24.6 Å². The molecule has 0 bridgehead atoms. The molecule has 1 aromatic rings. The number of rotatable bonds is 11. The summed E-state index contributed by atoms with van der Waals surface area (Å²) in [4.78, 5) is 21.2. The Morgan fingerprint density at radius 2 is 1.77 bits per heavy atom. The second-order valence-corrected chi connectivity index (χ2v) is 5.77. The highest BCUT2D eigenvalue weighted by atomic mass is 16.5. The zero-order valence-corrected chi connectivity index (χ0v) is 15.3. The third-order valence-corrected chi connectivity index (χ3v) is 3.33. The van der Waals surface area contributed by atoms with Crippen molar-refractivity contribution in [3.63, 3.8) is 0 Å². The van der Waals surface area contributed by atoms with Crippen LogP contribution in [0, 0.1) is 0 Å². The summed E-state index contributed by atoms with van der Waals surface area (Å²) >= 11 is 0. The number of carbonyl (C=O) groups is 2. The number of hydrogen-bond donors (Lipinski definition) is 3. The van der Waals surface area contributed by atoms with Crippen molar-refractivity contribution in [2.75, 3.05) is 13.2 Å². The number of ether oxygens (including phenoxy) is 1. The monoisotopic (exact) mass is 366 g/mol. The van der Waals surface area contributed by atoms with Gasteiger partial charge in [-0.3, -0.25) is 4.79 Å². The average Bonchev–Trinajstić information content (AvgIpc) is 2.65. The average molecular weight is 366 g/mol. The van der Waals surface area contributed by atoms with Gasteiger partial charge in [0.1, 0.15) is 12.7 Å². The number of unbranched alkanes of at least 4 members (excludes halogenated alkanes) is 4. The quantitative estimate of drug-likeness (QED) is 0.316. The highest BCUT2D eigenvalue weighted by Gasteiger charge is 2.04. The first kappa shape index (κ1) is 23.8. The second kappa shape index (κ2) is 16.3. The van der Waals surface area contributed by atoms with Crippen LogP contribution in [0.15, 0.2) is 36.4 Å². The van der Waals surface area contributed by atoms with Crippen LogP contribution < -0.4 is 0 Å². The summed E-state index contributed by atoms with van der Waals surface area (Å²) in [6.45, 7) is 1.53. The van der Waals surface area contributed by atoms with E-state index in [0.29, 0.717) is 6.42 Å². The number of benzene rings is 1. The predicted molar refractivity (Wildman–Crippen MR) is 101 cm³/mol. The van der Waals surface area contributed by atoms with E-state index in [-0.39, 0.29) is 6.61 Å². The molecular weight excluding hydrogens is 336 g/mol. The molecule has 0 aliphatic carbocycles. The molecule has 1 unspecified atom stereocenters. The van der Waals surface area contributed by atoms with Gasteiger partial charge < -0.3 is 20.1 Å². The summed E-state index contributed by atoms with van der Waals surface area (Å²) in [7, 11) is 0. The van der Waals surface area contributed by atoms with Crippen LogP contribution in [0.1, 0.15) is 51.0 Å². The molecule has 1 atom stereocenters. The minimum absolute atomic E-state index is 0.200. The van der Waals surface area contributed by atoms with Crippen molar-refractivity contribution in [2.24, 2.45) is 0 Å². The zero-order valence-electron chi connectivity index (χ0n) is 15.3. The van der Waals surface area contributed by atoms with Crippen molar-refractivity contribution in [1.82, 2.24) is 0 Å². The highest BCUT2D eigenvalue weighted by Crippen LogP contribution is 2.04. The molecule has 3 N–H and O–H groups in total. The van der Waals surface area contributed by atoms with Crippen LogP contribution in [0.25, 0.3) is 6.08 Å². The Morgan fingerprint density at radius 3 is 2.35 bits per heavy atom. The van der Waals surface area contributed by atoms with Crippen LogP contribution in [0.2, 0.25) is 0 Å². The van der Waals surface area contributed by atoms with Crippen molar-refractivity contribution >= 4 is 18.0 Å². The summed E-state index contributed by atoms with van der Waals surface area (Å²) in [6, 6.07) is 9.31. The van der Waals surface area contributed by atoms with Crippen molar-refractivity contribution in [1.29, 1.82) is 0 Å². The normalized spacial score (nSPS) is 11.5. The van der Waals surface area contributed by atoms with E-state index in [1.54, 1.807) is 6.08 Å². The lowest BCUT2D eigenvalue weighted by molar-refractivity contribution is -0.141. The van der Waals surface area contributed by atoms with Gasteiger partial charge in [-0.25, -0.2) is 4.79 Å². The largest absolute Gasteiger partial charge is 0.481 e. The first-order valence-corrected chi connectivity index (χ1v) is 8.90. The molecule has 1 aromatic carbocycles. The van der Waals surface area contributed by atoms with Gasteiger partial charge in [-0.2, -0.15) is 0 Å². The van der Waals surface area contributed by atoms with Crippen LogP contribution >= 0.6 is 0 Å². The smallest absolute Gasteiger partial charge is 0.330 e. The van der Waals surface area contributed by atoms with E-state index in [9.17, 15) is 9.59 Å². The maximum Gasteiger partial charge on any atom is 0.330 e. The second-order valence-electron chi connectivity index (χ2n) is 5.77. The first-order valence-electron chi connectivity index (χ1n) is 8.90. The van der Waals surface area contributed by atoms with Gasteiger partial charge in [0.2, 0.25) is 0 Å². The lowest BCUT2D eigenvalue weighted by Gasteiger charge is -2.05. The van der Waals surface area contributed by atoms with Gasteiger partial charge in [0.05, 0.1) is 6.61 Å². The molecule has 0 amide bonds. The fourth-order valence-electron chi connectivity index (χ4n) is 1.89. The van der Waals surface area contributed by atoms with Gasteiger partial charge in [0.25, 0.3) is 0 Å². The summed E-state index contributed by atoms with van der Waals surface area (Å²) in [5, 5.41) is 25.7. The standard InChI is InChI=1S/C12H14O4.C8H16O2/c13-8-11(14)9-16-12(15)7-6-10-4-2-1-3-5-10;1-2-3-4-5-6-7-8(9)10/h1-7,11,13-14H,8-9H2;2-7H2,1H3,(H,9,10)/b7-6+;. The summed E-state index contributed by atoms with van der Waals surface area (Å²) < 4.78 is 4.68. The molecule has 0 radical (unpaired) electrons. The number of esters is 1. The molecule has 6 nitrogen and oxygen atoms in total. The lowest BCUT2D eigenvalue weighted by atomic mass is 10.1. The Hall–Kier alpha value is -2.18. The van der Waals surface area contributed by atoms with E-state index in [1.807, 2.05) is 30.3 Å². The van der Waals surface area contributed by atoms with Gasteiger partial charge in [0, 0.05) is 12.5 Å². The lowest BCUT2D eigenvalue weighted by Crippen LogP contribution is -2.21. The van der Waals surface area contributed by atoms with Crippen molar-refractivity contribution in [3.05, 3.63) is 42.0 Å². The molecule has 1 rings (SSSR count). The van der Waals surface area contributed by atoms with Gasteiger partial charge in [-0.05, 0) is 18.1 Å². The summed E-state index contributed by atoms with van der Waals surface area (Å²) in [5.74, 6) is -1.21. The Balaban J connectivity index is 0.000000541. The maximum atomic E-state index is 11.1. The number of aliphatic hydroxyl groups is 2. The summed E-state index contributed by atoms with van der Waals surface area (Å²) in [5.41, 5.74) is 0.891. The fraction of sp³-hybridized carbons (Fsp3) is 0.500. The third-order valence-electron chi connectivity index (χ3n) is 3.33.